The van der Waals surface area contributed by atoms with Crippen molar-refractivity contribution in [2.24, 2.45) is 5.92 Å². The van der Waals surface area contributed by atoms with Crippen LogP contribution >= 0.6 is 0 Å². The molecule has 0 amide bonds. The molecule has 5 nitrogen and oxygen atoms in total. The molecule has 1 aromatic rings. The molecule has 0 saturated heterocycles. The Hall–Kier alpha value is -1.52. The molecule has 0 saturated carbocycles. The molecule has 0 aliphatic rings. The molecular formula is C10H19N5. The van der Waals surface area contributed by atoms with Gasteiger partial charge in [-0.2, -0.15) is 9.97 Å². The van der Waals surface area contributed by atoms with Crippen LogP contribution in [0.5, 0.6) is 0 Å². The summed E-state index contributed by atoms with van der Waals surface area (Å²) in [6.45, 7) is 5.25. The van der Waals surface area contributed by atoms with Gasteiger partial charge in [-0.05, 0) is 5.92 Å². The van der Waals surface area contributed by atoms with Gasteiger partial charge in [0.15, 0.2) is 0 Å². The number of anilines is 3. The van der Waals surface area contributed by atoms with Crippen molar-refractivity contribution in [1.82, 2.24) is 9.97 Å². The number of nitrogens with zero attached hydrogens (tertiary/aromatic N) is 2. The number of hydrogen-bond acceptors (Lipinski definition) is 5. The quantitative estimate of drug-likeness (QED) is 0.683. The van der Waals surface area contributed by atoms with Crippen molar-refractivity contribution in [3.63, 3.8) is 0 Å². The normalized spacial score (nSPS) is 10.6. The highest BCUT2D eigenvalue weighted by Gasteiger charge is 2.04. The van der Waals surface area contributed by atoms with Crippen molar-refractivity contribution >= 4 is 17.6 Å². The average Bonchev–Trinajstić information content (AvgIpc) is 2.18. The summed E-state index contributed by atoms with van der Waals surface area (Å²) in [5.74, 6) is 1.96. The van der Waals surface area contributed by atoms with Crippen LogP contribution in [-0.2, 0) is 0 Å². The smallest absolute Gasteiger partial charge is 0.223 e. The van der Waals surface area contributed by atoms with Crippen LogP contribution in [0.15, 0.2) is 6.07 Å². The summed E-state index contributed by atoms with van der Waals surface area (Å²) < 4.78 is 0. The molecule has 0 unspecified atom stereocenters. The van der Waals surface area contributed by atoms with Gasteiger partial charge in [0.1, 0.15) is 11.6 Å². The topological polar surface area (TPSA) is 89.8 Å². The zero-order valence-electron chi connectivity index (χ0n) is 9.33. The summed E-state index contributed by atoms with van der Waals surface area (Å²) in [6, 6.07) is 1.69. The third kappa shape index (κ3) is 3.61. The zero-order chi connectivity index (χ0) is 11.3. The minimum atomic E-state index is 0.210. The van der Waals surface area contributed by atoms with Crippen LogP contribution < -0.4 is 16.8 Å². The van der Waals surface area contributed by atoms with E-state index in [-0.39, 0.29) is 5.95 Å². The number of nitrogens with one attached hydrogen (secondary N) is 1. The van der Waals surface area contributed by atoms with Crippen molar-refractivity contribution in [1.29, 1.82) is 0 Å². The van der Waals surface area contributed by atoms with Crippen molar-refractivity contribution < 1.29 is 0 Å². The summed E-state index contributed by atoms with van der Waals surface area (Å²) in [4.78, 5) is 7.86. The fourth-order valence-electron chi connectivity index (χ4n) is 1.40. The first-order valence-corrected chi connectivity index (χ1v) is 5.29. The molecule has 0 fully saturated rings. The lowest BCUT2D eigenvalue weighted by molar-refractivity contribution is 0.518. The molecule has 15 heavy (non-hydrogen) atoms. The minimum Gasteiger partial charge on any atom is -0.383 e. The first-order valence-electron chi connectivity index (χ1n) is 5.29. The van der Waals surface area contributed by atoms with Crippen molar-refractivity contribution in [2.75, 3.05) is 23.3 Å². The maximum atomic E-state index is 5.56. The maximum absolute atomic E-state index is 5.56. The lowest BCUT2D eigenvalue weighted by Crippen LogP contribution is -2.14. The van der Waals surface area contributed by atoms with Crippen LogP contribution in [0.2, 0.25) is 0 Å². The van der Waals surface area contributed by atoms with Gasteiger partial charge in [0.05, 0.1) is 0 Å². The number of aromatic nitrogens is 2. The minimum absolute atomic E-state index is 0.210. The molecule has 84 valence electrons. The lowest BCUT2D eigenvalue weighted by Gasteiger charge is -2.13. The molecule has 0 aliphatic carbocycles. The molecule has 1 aromatic heterocycles. The van der Waals surface area contributed by atoms with Crippen LogP contribution in [0.1, 0.15) is 26.7 Å². The zero-order valence-corrected chi connectivity index (χ0v) is 9.33. The van der Waals surface area contributed by atoms with Crippen molar-refractivity contribution in [2.45, 2.75) is 26.7 Å². The maximum Gasteiger partial charge on any atom is 0.223 e. The third-order valence-electron chi connectivity index (χ3n) is 2.49. The van der Waals surface area contributed by atoms with E-state index >= 15 is 0 Å². The highest BCUT2D eigenvalue weighted by molar-refractivity contribution is 5.48. The molecular weight excluding hydrogens is 190 g/mol. The molecule has 0 aliphatic heterocycles. The second-order valence-electron chi connectivity index (χ2n) is 3.60. The molecule has 0 spiro atoms. The van der Waals surface area contributed by atoms with E-state index in [1.165, 1.54) is 0 Å². The monoisotopic (exact) mass is 209 g/mol. The Morgan fingerprint density at radius 1 is 1.27 bits per heavy atom. The number of hydrogen-bond donors (Lipinski definition) is 3. The van der Waals surface area contributed by atoms with E-state index in [0.29, 0.717) is 17.6 Å². The first-order chi connectivity index (χ1) is 7.15. The Kier molecular flexibility index (Phi) is 4.15. The van der Waals surface area contributed by atoms with Gasteiger partial charge in [-0.1, -0.05) is 26.7 Å². The summed E-state index contributed by atoms with van der Waals surface area (Å²) in [7, 11) is 0. The van der Waals surface area contributed by atoms with Crippen LogP contribution in [0.25, 0.3) is 0 Å². The summed E-state index contributed by atoms with van der Waals surface area (Å²) >= 11 is 0. The molecule has 0 aromatic carbocycles. The third-order valence-corrected chi connectivity index (χ3v) is 2.49. The molecule has 0 bridgehead atoms. The summed E-state index contributed by atoms with van der Waals surface area (Å²) in [6.07, 6.45) is 2.30. The Labute approximate surface area is 90.3 Å². The molecule has 0 atom stereocenters. The molecule has 0 radical (unpaired) electrons. The van der Waals surface area contributed by atoms with Crippen molar-refractivity contribution in [3.8, 4) is 0 Å². The molecule has 1 rings (SSSR count). The highest BCUT2D eigenvalue weighted by atomic mass is 15.1. The second kappa shape index (κ2) is 5.38. The Morgan fingerprint density at radius 2 is 1.93 bits per heavy atom. The van der Waals surface area contributed by atoms with Gasteiger partial charge in [-0.15, -0.1) is 0 Å². The Bertz CT molecular complexity index is 288. The SMILES string of the molecule is CCC(CC)CNc1cc(N)nc(N)n1. The van der Waals surface area contributed by atoms with Crippen molar-refractivity contribution in [3.05, 3.63) is 6.07 Å². The number of rotatable bonds is 5. The van der Waals surface area contributed by atoms with E-state index in [1.54, 1.807) is 6.07 Å². The average molecular weight is 209 g/mol. The van der Waals surface area contributed by atoms with Gasteiger partial charge >= 0.3 is 0 Å². The van der Waals surface area contributed by atoms with Gasteiger partial charge in [0.25, 0.3) is 0 Å². The first kappa shape index (κ1) is 11.6. The lowest BCUT2D eigenvalue weighted by atomic mass is 10.0. The Balaban J connectivity index is 2.57. The van der Waals surface area contributed by atoms with Crippen LogP contribution in [0.4, 0.5) is 17.6 Å². The predicted octanol–water partition coefficient (Wildman–Crippen LogP) is 1.49. The van der Waals surface area contributed by atoms with Gasteiger partial charge in [-0.3, -0.25) is 0 Å². The van der Waals surface area contributed by atoms with Gasteiger partial charge < -0.3 is 16.8 Å². The van der Waals surface area contributed by atoms with E-state index in [0.717, 1.165) is 19.4 Å². The van der Waals surface area contributed by atoms with Crippen LogP contribution in [-0.4, -0.2) is 16.5 Å². The predicted molar refractivity (Wildman–Crippen MR) is 63.4 cm³/mol. The fraction of sp³-hybridized carbons (Fsp3) is 0.600. The standard InChI is InChI=1S/C10H19N5/c1-3-7(4-2)6-13-9-5-8(11)14-10(12)15-9/h5,7H,3-4,6H2,1-2H3,(H5,11,12,13,14,15). The van der Waals surface area contributed by atoms with Crippen LogP contribution in [0, 0.1) is 5.92 Å². The fourth-order valence-corrected chi connectivity index (χ4v) is 1.40. The van der Waals surface area contributed by atoms with E-state index < -0.39 is 0 Å². The van der Waals surface area contributed by atoms with E-state index in [4.69, 9.17) is 11.5 Å². The summed E-state index contributed by atoms with van der Waals surface area (Å²) in [5.41, 5.74) is 11.0. The number of nitrogens with two attached hydrogens (primary N) is 2. The highest BCUT2D eigenvalue weighted by Crippen LogP contribution is 2.12. The Morgan fingerprint density at radius 3 is 2.47 bits per heavy atom. The van der Waals surface area contributed by atoms with E-state index in [9.17, 15) is 0 Å². The van der Waals surface area contributed by atoms with Gasteiger partial charge in [0, 0.05) is 12.6 Å². The van der Waals surface area contributed by atoms with Gasteiger partial charge in [-0.25, -0.2) is 0 Å². The largest absolute Gasteiger partial charge is 0.383 e. The van der Waals surface area contributed by atoms with E-state index in [2.05, 4.69) is 29.1 Å². The second-order valence-corrected chi connectivity index (χ2v) is 3.60. The molecule has 5 N–H and O–H groups in total. The van der Waals surface area contributed by atoms with Crippen LogP contribution in [0.3, 0.4) is 0 Å². The van der Waals surface area contributed by atoms with E-state index in [1.807, 2.05) is 0 Å². The molecule has 1 heterocycles. The van der Waals surface area contributed by atoms with Gasteiger partial charge in [0.2, 0.25) is 5.95 Å². The summed E-state index contributed by atoms with van der Waals surface area (Å²) in [5, 5.41) is 3.22. The molecule has 5 heteroatoms. The number of nitrogen functional groups attached to an aromatic ring is 2.